The molecule has 1 unspecified atom stereocenters. The maximum Gasteiger partial charge on any atom is 0.0659 e. The summed E-state index contributed by atoms with van der Waals surface area (Å²) in [7, 11) is 0. The Bertz CT molecular complexity index is 601. The third-order valence-corrected chi connectivity index (χ3v) is 7.38. The topological polar surface area (TPSA) is 48.8 Å². The van der Waals surface area contributed by atoms with Gasteiger partial charge in [0, 0.05) is 41.4 Å². The number of hydrogen-bond acceptors (Lipinski definition) is 6. The van der Waals surface area contributed by atoms with Gasteiger partial charge in [-0.3, -0.25) is 9.98 Å². The first kappa shape index (κ1) is 22.3. The highest BCUT2D eigenvalue weighted by Crippen LogP contribution is 2.34. The van der Waals surface area contributed by atoms with Crippen molar-refractivity contribution in [3.8, 4) is 0 Å². The Balaban J connectivity index is 1.78. The summed E-state index contributed by atoms with van der Waals surface area (Å²) >= 11 is 3.58. The van der Waals surface area contributed by atoms with Crippen molar-refractivity contribution in [2.75, 3.05) is 24.7 Å². The van der Waals surface area contributed by atoms with E-state index in [0.29, 0.717) is 17.8 Å². The molecule has 2 rings (SSSR count). The Morgan fingerprint density at radius 1 is 1.41 bits per heavy atom. The van der Waals surface area contributed by atoms with Gasteiger partial charge < -0.3 is 10.6 Å². The highest BCUT2D eigenvalue weighted by Gasteiger charge is 2.25. The molecule has 0 aromatic heterocycles. The fourth-order valence-corrected chi connectivity index (χ4v) is 5.49. The van der Waals surface area contributed by atoms with E-state index in [1.807, 2.05) is 18.0 Å². The van der Waals surface area contributed by atoms with Gasteiger partial charge in [0.15, 0.2) is 0 Å². The first-order valence-corrected chi connectivity index (χ1v) is 11.8. The molecule has 27 heavy (non-hydrogen) atoms. The van der Waals surface area contributed by atoms with Crippen LogP contribution in [0.2, 0.25) is 0 Å². The lowest BCUT2D eigenvalue weighted by molar-refractivity contribution is 0.407. The molecule has 1 saturated heterocycles. The molecule has 0 bridgehead atoms. The molecule has 2 N–H and O–H groups in total. The second-order valence-electron chi connectivity index (χ2n) is 7.30. The van der Waals surface area contributed by atoms with Gasteiger partial charge in [-0.2, -0.15) is 0 Å². The normalized spacial score (nSPS) is 21.2. The molecule has 0 aliphatic carbocycles. The lowest BCUT2D eigenvalue weighted by Crippen LogP contribution is -2.31. The van der Waals surface area contributed by atoms with Crippen molar-refractivity contribution in [1.29, 1.82) is 0 Å². The predicted octanol–water partition coefficient (Wildman–Crippen LogP) is 5.03. The largest absolute Gasteiger partial charge is 0.379 e. The molecule has 4 nitrogen and oxygen atoms in total. The number of thioether (sulfide) groups is 2. The third-order valence-electron chi connectivity index (χ3n) is 5.16. The zero-order chi connectivity index (χ0) is 19.6. The smallest absolute Gasteiger partial charge is 0.0659 e. The minimum absolute atomic E-state index is 0.498. The molecule has 2 aliphatic rings. The summed E-state index contributed by atoms with van der Waals surface area (Å²) in [5.74, 6) is 3.37. The van der Waals surface area contributed by atoms with Crippen LogP contribution in [0.15, 0.2) is 44.5 Å². The van der Waals surface area contributed by atoms with Crippen LogP contribution in [0, 0.1) is 17.8 Å². The van der Waals surface area contributed by atoms with Gasteiger partial charge in [-0.15, -0.1) is 11.8 Å². The van der Waals surface area contributed by atoms with Gasteiger partial charge in [-0.1, -0.05) is 39.1 Å². The first-order chi connectivity index (χ1) is 13.1. The van der Waals surface area contributed by atoms with Crippen molar-refractivity contribution in [3.63, 3.8) is 0 Å². The number of aliphatic imine (C=N–C) groups is 2. The Hall–Kier alpha value is -0.980. The van der Waals surface area contributed by atoms with Crippen LogP contribution in [0.3, 0.4) is 0 Å². The summed E-state index contributed by atoms with van der Waals surface area (Å²) in [6.45, 7) is 16.8. The van der Waals surface area contributed by atoms with Crippen LogP contribution in [0.25, 0.3) is 0 Å². The average Bonchev–Trinajstić information content (AvgIpc) is 3.10. The van der Waals surface area contributed by atoms with Crippen molar-refractivity contribution >= 4 is 36.0 Å². The van der Waals surface area contributed by atoms with Gasteiger partial charge in [0.05, 0.1) is 10.1 Å². The lowest BCUT2D eigenvalue weighted by Gasteiger charge is -2.25. The molecule has 0 spiro atoms. The first-order valence-electron chi connectivity index (χ1n) is 9.88. The van der Waals surface area contributed by atoms with Gasteiger partial charge in [0.25, 0.3) is 0 Å². The summed E-state index contributed by atoms with van der Waals surface area (Å²) < 4.78 is 1.17. The Morgan fingerprint density at radius 2 is 2.15 bits per heavy atom. The quantitative estimate of drug-likeness (QED) is 0.373. The van der Waals surface area contributed by atoms with E-state index >= 15 is 0 Å². The molecule has 0 aromatic carbocycles. The summed E-state index contributed by atoms with van der Waals surface area (Å²) in [5, 5.41) is 6.90. The maximum atomic E-state index is 4.71. The SMILES string of the molecule is C=N/C=C(\SCNC(=C)C1CCNCC1)SCC1=NC=C(C(C)C)C1CC. The molecule has 2 heterocycles. The number of rotatable bonds is 11. The van der Waals surface area contributed by atoms with Gasteiger partial charge in [-0.25, -0.2) is 0 Å². The van der Waals surface area contributed by atoms with Crippen LogP contribution in [-0.2, 0) is 0 Å². The van der Waals surface area contributed by atoms with Crippen LogP contribution >= 0.6 is 23.5 Å². The summed E-state index contributed by atoms with van der Waals surface area (Å²) in [5.41, 5.74) is 3.92. The summed E-state index contributed by atoms with van der Waals surface area (Å²) in [6.07, 6.45) is 7.41. The number of hydrogen-bond donors (Lipinski definition) is 2. The van der Waals surface area contributed by atoms with Gasteiger partial charge >= 0.3 is 0 Å². The molecule has 0 amide bonds. The van der Waals surface area contributed by atoms with E-state index in [9.17, 15) is 0 Å². The average molecular weight is 407 g/mol. The molecular weight excluding hydrogens is 372 g/mol. The van der Waals surface area contributed by atoms with Crippen molar-refractivity contribution in [3.05, 3.63) is 34.5 Å². The Labute approximate surface area is 173 Å². The second kappa shape index (κ2) is 11.8. The number of piperidine rings is 1. The standard InChI is InChI=1S/C21H34N4S2/c1-6-18-19(15(2)3)11-24-20(18)13-26-21(12-22-5)27-14-25-16(4)17-7-9-23-10-8-17/h11-12,15,17-18,23,25H,4-10,13-14H2,1-3H3/b21-12-. The molecule has 1 atom stereocenters. The maximum absolute atomic E-state index is 4.71. The van der Waals surface area contributed by atoms with Crippen LogP contribution < -0.4 is 10.6 Å². The Morgan fingerprint density at radius 3 is 2.78 bits per heavy atom. The van der Waals surface area contributed by atoms with E-state index in [4.69, 9.17) is 4.99 Å². The molecule has 1 fully saturated rings. The summed E-state index contributed by atoms with van der Waals surface area (Å²) in [6, 6.07) is 0. The van der Waals surface area contributed by atoms with Crippen molar-refractivity contribution in [1.82, 2.24) is 10.6 Å². The molecule has 150 valence electrons. The van der Waals surface area contributed by atoms with E-state index in [1.54, 1.807) is 11.8 Å². The number of nitrogens with zero attached hydrogens (tertiary/aromatic N) is 2. The third kappa shape index (κ3) is 6.84. The van der Waals surface area contributed by atoms with Crippen LogP contribution in [0.5, 0.6) is 0 Å². The lowest BCUT2D eigenvalue weighted by atomic mass is 9.87. The molecule has 0 saturated carbocycles. The van der Waals surface area contributed by atoms with Crippen LogP contribution in [0.4, 0.5) is 0 Å². The number of nitrogens with one attached hydrogen (secondary N) is 2. The van der Waals surface area contributed by atoms with Crippen LogP contribution in [-0.4, -0.2) is 37.1 Å². The predicted molar refractivity (Wildman–Crippen MR) is 125 cm³/mol. The monoisotopic (exact) mass is 406 g/mol. The van der Waals surface area contributed by atoms with Crippen LogP contribution in [0.1, 0.15) is 40.0 Å². The van der Waals surface area contributed by atoms with Gasteiger partial charge in [-0.05, 0) is 50.6 Å². The van der Waals surface area contributed by atoms with E-state index in [2.05, 4.69) is 55.9 Å². The highest BCUT2D eigenvalue weighted by molar-refractivity contribution is 8.22. The second-order valence-corrected chi connectivity index (χ2v) is 9.59. The van der Waals surface area contributed by atoms with Crippen molar-refractivity contribution in [2.24, 2.45) is 27.7 Å². The zero-order valence-corrected chi connectivity index (χ0v) is 18.6. The molecule has 0 radical (unpaired) electrons. The zero-order valence-electron chi connectivity index (χ0n) is 17.0. The minimum atomic E-state index is 0.498. The fourth-order valence-electron chi connectivity index (χ4n) is 3.54. The Kier molecular flexibility index (Phi) is 9.73. The highest BCUT2D eigenvalue weighted by atomic mass is 32.2. The van der Waals surface area contributed by atoms with Gasteiger partial charge in [0.2, 0.25) is 0 Å². The van der Waals surface area contributed by atoms with E-state index in [0.717, 1.165) is 36.8 Å². The number of allylic oxidation sites excluding steroid dienone is 2. The van der Waals surface area contributed by atoms with E-state index < -0.39 is 0 Å². The van der Waals surface area contributed by atoms with Gasteiger partial charge in [0.1, 0.15) is 0 Å². The van der Waals surface area contributed by atoms with Crippen molar-refractivity contribution < 1.29 is 0 Å². The molecular formula is C21H34N4S2. The van der Waals surface area contributed by atoms with E-state index in [1.165, 1.54) is 28.4 Å². The molecule has 2 aliphatic heterocycles. The van der Waals surface area contributed by atoms with Crippen molar-refractivity contribution in [2.45, 2.75) is 40.0 Å². The molecule has 6 heteroatoms. The van der Waals surface area contributed by atoms with E-state index in [-0.39, 0.29) is 0 Å². The minimum Gasteiger partial charge on any atom is -0.379 e. The summed E-state index contributed by atoms with van der Waals surface area (Å²) in [4.78, 5) is 8.69. The molecule has 0 aromatic rings. The fraction of sp³-hybridized carbons (Fsp3) is 0.619.